The fourth-order valence-corrected chi connectivity index (χ4v) is 3.81. The number of rotatable bonds is 4. The van der Waals surface area contributed by atoms with E-state index >= 15 is 0 Å². The Balaban J connectivity index is 1.87. The number of hydrogen-bond acceptors (Lipinski definition) is 8. The fraction of sp³-hybridized carbons (Fsp3) is 0.333. The lowest BCUT2D eigenvalue weighted by molar-refractivity contribution is -0.0508. The third-order valence-electron chi connectivity index (χ3n) is 4.83. The van der Waals surface area contributed by atoms with Crippen LogP contribution >= 0.6 is 11.8 Å². The smallest absolute Gasteiger partial charge is 0.164 e. The summed E-state index contributed by atoms with van der Waals surface area (Å²) in [6, 6.07) is 7.98. The zero-order valence-electron chi connectivity index (χ0n) is 14.6. The third-order valence-corrected chi connectivity index (χ3v) is 5.57. The van der Waals surface area contributed by atoms with Gasteiger partial charge in [0.05, 0.1) is 12.0 Å². The van der Waals surface area contributed by atoms with Gasteiger partial charge < -0.3 is 30.4 Å². The van der Waals surface area contributed by atoms with Gasteiger partial charge >= 0.3 is 0 Å². The maximum atomic E-state index is 10.4. The molecule has 0 radical (unpaired) electrons. The number of thioether (sulfide) groups is 1. The number of aliphatic hydroxyl groups is 3. The van der Waals surface area contributed by atoms with Crippen molar-refractivity contribution in [1.82, 2.24) is 14.5 Å². The number of hydrogen-bond donors (Lipinski definition) is 4. The number of nitrogens with two attached hydrogens (primary N) is 1. The molecule has 5 N–H and O–H groups in total. The van der Waals surface area contributed by atoms with E-state index in [1.807, 2.05) is 30.5 Å². The van der Waals surface area contributed by atoms with Crippen LogP contribution in [0.25, 0.3) is 22.2 Å². The van der Waals surface area contributed by atoms with E-state index in [9.17, 15) is 15.3 Å². The monoisotopic (exact) mass is 388 g/mol. The van der Waals surface area contributed by atoms with Crippen molar-refractivity contribution in [3.8, 4) is 11.1 Å². The van der Waals surface area contributed by atoms with E-state index in [4.69, 9.17) is 10.5 Å². The summed E-state index contributed by atoms with van der Waals surface area (Å²) in [4.78, 5) is 9.53. The molecule has 0 spiro atoms. The van der Waals surface area contributed by atoms with E-state index < -0.39 is 31.1 Å². The highest BCUT2D eigenvalue weighted by Gasteiger charge is 2.44. The van der Waals surface area contributed by atoms with Crippen LogP contribution < -0.4 is 5.73 Å². The highest BCUT2D eigenvalue weighted by Crippen LogP contribution is 2.38. The summed E-state index contributed by atoms with van der Waals surface area (Å²) in [6.45, 7) is -0.395. The summed E-state index contributed by atoms with van der Waals surface area (Å²) < 4.78 is 7.30. The van der Waals surface area contributed by atoms with Gasteiger partial charge in [-0.05, 0) is 24.0 Å². The second-order valence-electron chi connectivity index (χ2n) is 6.36. The van der Waals surface area contributed by atoms with Crippen molar-refractivity contribution in [3.05, 3.63) is 36.8 Å². The molecule has 3 aromatic rings. The van der Waals surface area contributed by atoms with E-state index in [0.29, 0.717) is 16.9 Å². The van der Waals surface area contributed by atoms with Crippen molar-refractivity contribution >= 4 is 28.6 Å². The molecule has 8 nitrogen and oxygen atoms in total. The van der Waals surface area contributed by atoms with E-state index in [1.165, 1.54) is 6.33 Å². The zero-order valence-corrected chi connectivity index (χ0v) is 15.4. The minimum absolute atomic E-state index is 0.314. The number of nitrogen functional groups attached to an aromatic ring is 1. The van der Waals surface area contributed by atoms with Gasteiger partial charge in [-0.15, -0.1) is 11.8 Å². The second kappa shape index (κ2) is 7.10. The first kappa shape index (κ1) is 18.2. The van der Waals surface area contributed by atoms with Crippen LogP contribution in [-0.4, -0.2) is 61.0 Å². The molecule has 1 aromatic carbocycles. The number of anilines is 1. The van der Waals surface area contributed by atoms with E-state index in [2.05, 4.69) is 9.97 Å². The SMILES string of the molecule is CSc1ccc(-c2cn([C@@H]3O[C@H](CO)C(O)C3O)c3ncnc(N)c23)cc1. The average molecular weight is 388 g/mol. The minimum Gasteiger partial charge on any atom is -0.394 e. The lowest BCUT2D eigenvalue weighted by Gasteiger charge is -2.17. The number of aromatic nitrogens is 3. The zero-order chi connectivity index (χ0) is 19.1. The molecule has 1 saturated heterocycles. The molecule has 3 heterocycles. The van der Waals surface area contributed by atoms with E-state index in [-0.39, 0.29) is 0 Å². The molecule has 4 rings (SSSR count). The predicted molar refractivity (Wildman–Crippen MR) is 102 cm³/mol. The third kappa shape index (κ3) is 2.97. The first-order chi connectivity index (χ1) is 13.0. The normalized spacial score (nSPS) is 25.3. The lowest BCUT2D eigenvalue weighted by atomic mass is 10.1. The van der Waals surface area contributed by atoms with Gasteiger partial charge in [0.25, 0.3) is 0 Å². The Hall–Kier alpha value is -2.17. The molecule has 4 atom stereocenters. The first-order valence-electron chi connectivity index (χ1n) is 8.43. The summed E-state index contributed by atoms with van der Waals surface area (Å²) in [5.74, 6) is 0.314. The Labute approximate surface area is 159 Å². The van der Waals surface area contributed by atoms with Crippen molar-refractivity contribution in [3.63, 3.8) is 0 Å². The van der Waals surface area contributed by atoms with E-state index in [1.54, 1.807) is 22.5 Å². The Bertz CT molecular complexity index is 962. The van der Waals surface area contributed by atoms with Gasteiger partial charge in [0.2, 0.25) is 0 Å². The maximum Gasteiger partial charge on any atom is 0.164 e. The number of benzene rings is 1. The summed E-state index contributed by atoms with van der Waals surface area (Å²) >= 11 is 1.65. The molecule has 142 valence electrons. The molecule has 1 fully saturated rings. The molecule has 0 bridgehead atoms. The van der Waals surface area contributed by atoms with Gasteiger partial charge in [-0.25, -0.2) is 9.97 Å². The Morgan fingerprint density at radius 1 is 1.19 bits per heavy atom. The number of aliphatic hydroxyl groups excluding tert-OH is 3. The highest BCUT2D eigenvalue weighted by atomic mass is 32.2. The second-order valence-corrected chi connectivity index (χ2v) is 7.24. The highest BCUT2D eigenvalue weighted by molar-refractivity contribution is 7.98. The maximum absolute atomic E-state index is 10.4. The Kier molecular flexibility index (Phi) is 4.79. The summed E-state index contributed by atoms with van der Waals surface area (Å²) in [5.41, 5.74) is 8.32. The summed E-state index contributed by atoms with van der Waals surface area (Å²) in [6.07, 6.45) is 0.968. The lowest BCUT2D eigenvalue weighted by Crippen LogP contribution is -2.33. The minimum atomic E-state index is -1.21. The van der Waals surface area contributed by atoms with Crippen LogP contribution in [0, 0.1) is 0 Å². The average Bonchev–Trinajstić information content (AvgIpc) is 3.21. The molecule has 9 heteroatoms. The van der Waals surface area contributed by atoms with Gasteiger partial charge in [-0.2, -0.15) is 0 Å². The van der Waals surface area contributed by atoms with Gasteiger partial charge in [-0.1, -0.05) is 12.1 Å². The largest absolute Gasteiger partial charge is 0.394 e. The van der Waals surface area contributed by atoms with Crippen LogP contribution in [0.3, 0.4) is 0 Å². The molecule has 0 saturated carbocycles. The molecule has 2 aromatic heterocycles. The van der Waals surface area contributed by atoms with Crippen molar-refractivity contribution in [2.75, 3.05) is 18.6 Å². The predicted octanol–water partition coefficient (Wildman–Crippen LogP) is 1.01. The molecular weight excluding hydrogens is 368 g/mol. The van der Waals surface area contributed by atoms with Gasteiger partial charge in [0.1, 0.15) is 36.1 Å². The fourth-order valence-electron chi connectivity index (χ4n) is 3.40. The molecule has 1 aliphatic heterocycles. The standard InChI is InChI=1S/C18H20N4O4S/c1-27-10-4-2-9(3-5-10)11-6-22(17-13(11)16(19)20-8-21-17)18-15(25)14(24)12(7-23)26-18/h2-6,8,12,14-15,18,23-25H,7H2,1H3,(H2,19,20,21)/t12-,14?,15?,18-/m1/s1. The van der Waals surface area contributed by atoms with Crippen LogP contribution in [-0.2, 0) is 4.74 Å². The summed E-state index contributed by atoms with van der Waals surface area (Å²) in [7, 11) is 0. The number of nitrogens with zero attached hydrogens (tertiary/aromatic N) is 3. The van der Waals surface area contributed by atoms with Crippen LogP contribution in [0.15, 0.2) is 41.7 Å². The summed E-state index contributed by atoms with van der Waals surface area (Å²) in [5, 5.41) is 30.5. The molecule has 0 aliphatic carbocycles. The van der Waals surface area contributed by atoms with Crippen molar-refractivity contribution in [1.29, 1.82) is 0 Å². The Morgan fingerprint density at radius 3 is 2.56 bits per heavy atom. The van der Waals surface area contributed by atoms with Crippen LogP contribution in [0.4, 0.5) is 5.82 Å². The molecule has 1 aliphatic rings. The van der Waals surface area contributed by atoms with Crippen LogP contribution in [0.5, 0.6) is 0 Å². The van der Waals surface area contributed by atoms with Gasteiger partial charge in [-0.3, -0.25) is 0 Å². The van der Waals surface area contributed by atoms with Crippen molar-refractivity contribution < 1.29 is 20.1 Å². The molecule has 27 heavy (non-hydrogen) atoms. The first-order valence-corrected chi connectivity index (χ1v) is 9.65. The quantitative estimate of drug-likeness (QED) is 0.488. The van der Waals surface area contributed by atoms with Gasteiger partial charge in [0, 0.05) is 16.7 Å². The van der Waals surface area contributed by atoms with Crippen LogP contribution in [0.2, 0.25) is 0 Å². The van der Waals surface area contributed by atoms with Crippen LogP contribution in [0.1, 0.15) is 6.23 Å². The van der Waals surface area contributed by atoms with E-state index in [0.717, 1.165) is 16.0 Å². The number of ether oxygens (including phenoxy) is 1. The molecule has 0 amide bonds. The van der Waals surface area contributed by atoms with Gasteiger partial charge in [0.15, 0.2) is 6.23 Å². The van der Waals surface area contributed by atoms with Crippen molar-refractivity contribution in [2.24, 2.45) is 0 Å². The topological polar surface area (TPSA) is 127 Å². The number of fused-ring (bicyclic) bond motifs is 1. The molecule has 2 unspecified atom stereocenters. The van der Waals surface area contributed by atoms with Crippen molar-refractivity contribution in [2.45, 2.75) is 29.4 Å². The Morgan fingerprint density at radius 2 is 1.93 bits per heavy atom. The molecular formula is C18H20N4O4S.